The van der Waals surface area contributed by atoms with Crippen LogP contribution in [0.5, 0.6) is 0 Å². The van der Waals surface area contributed by atoms with Gasteiger partial charge in [-0.25, -0.2) is 0 Å². The average molecular weight is 258 g/mol. The highest BCUT2D eigenvalue weighted by atomic mass is 19.4. The fourth-order valence-electron chi connectivity index (χ4n) is 1.45. The van der Waals surface area contributed by atoms with Gasteiger partial charge in [0.1, 0.15) is 11.2 Å². The van der Waals surface area contributed by atoms with Crippen LogP contribution in [-0.4, -0.2) is 17.5 Å². The Labute approximate surface area is 92.7 Å². The van der Waals surface area contributed by atoms with Crippen LogP contribution >= 0.6 is 0 Å². The number of alkyl halides is 6. The van der Waals surface area contributed by atoms with Gasteiger partial charge in [0.25, 0.3) is 0 Å². The molecule has 0 aromatic heterocycles. The summed E-state index contributed by atoms with van der Waals surface area (Å²) >= 11 is 0. The molecule has 0 bridgehead atoms. The Morgan fingerprint density at radius 3 is 2.12 bits per heavy atom. The maximum Gasteiger partial charge on any atom is 0.419 e. The summed E-state index contributed by atoms with van der Waals surface area (Å²) in [6.07, 6.45) is -9.87. The maximum atomic E-state index is 12.7. The van der Waals surface area contributed by atoms with Crippen molar-refractivity contribution in [2.75, 3.05) is 0 Å². The Morgan fingerprint density at radius 2 is 1.76 bits per heavy atom. The second kappa shape index (κ2) is 3.82. The van der Waals surface area contributed by atoms with Crippen molar-refractivity contribution in [3.63, 3.8) is 0 Å². The minimum Gasteiger partial charge on any atom is -0.508 e. The molecule has 1 rings (SSSR count). The Balaban J connectivity index is 3.34. The van der Waals surface area contributed by atoms with Crippen molar-refractivity contribution < 1.29 is 31.4 Å². The molecule has 1 N–H and O–H groups in total. The molecule has 0 radical (unpaired) electrons. The molecule has 0 fully saturated rings. The van der Waals surface area contributed by atoms with Crippen molar-refractivity contribution in [2.45, 2.75) is 18.8 Å². The van der Waals surface area contributed by atoms with Crippen molar-refractivity contribution in [1.82, 2.24) is 0 Å². The zero-order valence-electron chi connectivity index (χ0n) is 8.36. The van der Waals surface area contributed by atoms with E-state index in [1.807, 2.05) is 0 Å². The highest BCUT2D eigenvalue weighted by Crippen LogP contribution is 2.49. The lowest BCUT2D eigenvalue weighted by Gasteiger charge is -2.32. The van der Waals surface area contributed by atoms with Crippen LogP contribution in [0, 0.1) is 5.41 Å². The van der Waals surface area contributed by atoms with Crippen molar-refractivity contribution in [3.8, 4) is 0 Å². The highest BCUT2D eigenvalue weighted by molar-refractivity contribution is 5.38. The van der Waals surface area contributed by atoms with Gasteiger partial charge in [-0.05, 0) is 18.6 Å². The molecule has 1 aliphatic rings. The molecule has 0 saturated heterocycles. The van der Waals surface area contributed by atoms with Gasteiger partial charge in [-0.1, -0.05) is 6.08 Å². The van der Waals surface area contributed by atoms with Crippen molar-refractivity contribution in [1.29, 1.82) is 0 Å². The van der Waals surface area contributed by atoms with Gasteiger partial charge in [-0.15, -0.1) is 6.58 Å². The second-order valence-electron chi connectivity index (χ2n) is 3.59. The third-order valence-electron chi connectivity index (χ3n) is 2.51. The van der Waals surface area contributed by atoms with E-state index in [2.05, 4.69) is 6.58 Å². The first kappa shape index (κ1) is 13.7. The van der Waals surface area contributed by atoms with Gasteiger partial charge in [-0.2, -0.15) is 26.3 Å². The van der Waals surface area contributed by atoms with E-state index < -0.39 is 35.5 Å². The summed E-state index contributed by atoms with van der Waals surface area (Å²) in [5.41, 5.74) is -4.48. The number of hydrogen-bond donors (Lipinski definition) is 1. The lowest BCUT2D eigenvalue weighted by molar-refractivity contribution is -0.190. The van der Waals surface area contributed by atoms with Gasteiger partial charge in [0.2, 0.25) is 0 Å². The topological polar surface area (TPSA) is 20.2 Å². The van der Waals surface area contributed by atoms with Gasteiger partial charge >= 0.3 is 12.4 Å². The lowest BCUT2D eigenvalue weighted by atomic mass is 9.78. The van der Waals surface area contributed by atoms with E-state index in [4.69, 9.17) is 5.11 Å². The summed E-state index contributed by atoms with van der Waals surface area (Å²) in [5.74, 6) is -1.20. The van der Waals surface area contributed by atoms with Crippen LogP contribution in [0.4, 0.5) is 26.3 Å². The molecule has 17 heavy (non-hydrogen) atoms. The van der Waals surface area contributed by atoms with Gasteiger partial charge in [0.15, 0.2) is 0 Å². The highest BCUT2D eigenvalue weighted by Gasteiger charge is 2.54. The molecule has 1 aliphatic carbocycles. The van der Waals surface area contributed by atoms with Gasteiger partial charge in [0, 0.05) is 0 Å². The molecule has 1 atom stereocenters. The van der Waals surface area contributed by atoms with Crippen LogP contribution in [-0.2, 0) is 0 Å². The summed E-state index contributed by atoms with van der Waals surface area (Å²) in [6, 6.07) is 0. The number of halogens is 6. The third kappa shape index (κ3) is 2.32. The smallest absolute Gasteiger partial charge is 0.419 e. The van der Waals surface area contributed by atoms with Gasteiger partial charge < -0.3 is 5.11 Å². The van der Waals surface area contributed by atoms with E-state index in [-0.39, 0.29) is 6.08 Å². The predicted octanol–water partition coefficient (Wildman–Crippen LogP) is 4.06. The average Bonchev–Trinajstić information content (AvgIpc) is 2.15. The van der Waals surface area contributed by atoms with Crippen molar-refractivity contribution in [2.24, 2.45) is 5.41 Å². The predicted molar refractivity (Wildman–Crippen MR) is 48.2 cm³/mol. The van der Waals surface area contributed by atoms with E-state index in [1.165, 1.54) is 0 Å². The molecule has 7 heteroatoms. The van der Waals surface area contributed by atoms with Crippen LogP contribution in [0.3, 0.4) is 0 Å². The first-order valence-corrected chi connectivity index (χ1v) is 4.43. The Hall–Kier alpha value is -1.40. The van der Waals surface area contributed by atoms with E-state index >= 15 is 0 Å². The SMILES string of the molecule is C=CC1(C(F)(F)F)C=C(C(F)(F)F)C(O)=CC1. The lowest BCUT2D eigenvalue weighted by Crippen LogP contribution is -2.37. The number of allylic oxidation sites excluding steroid dienone is 4. The number of rotatable bonds is 1. The van der Waals surface area contributed by atoms with Crippen molar-refractivity contribution in [3.05, 3.63) is 36.1 Å². The molecule has 0 aliphatic heterocycles. The summed E-state index contributed by atoms with van der Waals surface area (Å²) in [5, 5.41) is 8.97. The van der Waals surface area contributed by atoms with Gasteiger partial charge in [-0.3, -0.25) is 0 Å². The van der Waals surface area contributed by atoms with E-state index in [0.29, 0.717) is 12.2 Å². The first-order valence-electron chi connectivity index (χ1n) is 4.43. The minimum atomic E-state index is -5.04. The molecular formula is C10H8F6O. The Morgan fingerprint density at radius 1 is 1.24 bits per heavy atom. The van der Waals surface area contributed by atoms with Crippen LogP contribution in [0.2, 0.25) is 0 Å². The largest absolute Gasteiger partial charge is 0.508 e. The summed E-state index contributed by atoms with van der Waals surface area (Å²) in [7, 11) is 0. The number of aliphatic hydroxyl groups is 1. The third-order valence-corrected chi connectivity index (χ3v) is 2.51. The van der Waals surface area contributed by atoms with Crippen LogP contribution < -0.4 is 0 Å². The van der Waals surface area contributed by atoms with E-state index in [0.717, 1.165) is 0 Å². The molecule has 1 unspecified atom stereocenters. The molecule has 0 aromatic carbocycles. The Bertz CT molecular complexity index is 387. The van der Waals surface area contributed by atoms with Crippen LogP contribution in [0.25, 0.3) is 0 Å². The molecular weight excluding hydrogens is 250 g/mol. The fraction of sp³-hybridized carbons (Fsp3) is 0.400. The summed E-state index contributed by atoms with van der Waals surface area (Å²) < 4.78 is 75.2. The van der Waals surface area contributed by atoms with E-state index in [9.17, 15) is 26.3 Å². The monoisotopic (exact) mass is 258 g/mol. The second-order valence-corrected chi connectivity index (χ2v) is 3.59. The zero-order chi connectivity index (χ0) is 13.5. The normalized spacial score (nSPS) is 26.2. The number of aliphatic hydroxyl groups excluding tert-OH is 1. The fourth-order valence-corrected chi connectivity index (χ4v) is 1.45. The molecule has 96 valence electrons. The molecule has 0 spiro atoms. The standard InChI is InChI=1S/C10H8F6O/c1-2-8(10(14,15)16)4-3-7(17)6(5-8)9(11,12)13/h2-3,5,17H,1,4H2. The molecule has 0 heterocycles. The molecule has 0 amide bonds. The first-order chi connectivity index (χ1) is 7.53. The summed E-state index contributed by atoms with van der Waals surface area (Å²) in [6.45, 7) is 2.92. The van der Waals surface area contributed by atoms with Crippen molar-refractivity contribution >= 4 is 0 Å². The molecule has 0 saturated carbocycles. The molecule has 1 nitrogen and oxygen atoms in total. The Kier molecular flexibility index (Phi) is 3.07. The van der Waals surface area contributed by atoms with Gasteiger partial charge in [0.05, 0.1) is 5.57 Å². The number of hydrogen-bond acceptors (Lipinski definition) is 1. The maximum absolute atomic E-state index is 12.7. The van der Waals surface area contributed by atoms with Crippen LogP contribution in [0.1, 0.15) is 6.42 Å². The molecule has 0 aromatic rings. The minimum absolute atomic E-state index is 0.0324. The zero-order valence-corrected chi connectivity index (χ0v) is 8.36. The van der Waals surface area contributed by atoms with Crippen LogP contribution in [0.15, 0.2) is 36.1 Å². The van der Waals surface area contributed by atoms with E-state index in [1.54, 1.807) is 0 Å². The summed E-state index contributed by atoms with van der Waals surface area (Å²) in [4.78, 5) is 0. The quantitative estimate of drug-likeness (QED) is 0.555.